The van der Waals surface area contributed by atoms with Gasteiger partial charge in [0.05, 0.1) is 6.61 Å². The van der Waals surface area contributed by atoms with Crippen molar-refractivity contribution in [3.8, 4) is 0 Å². The Bertz CT molecular complexity index is 491. The Morgan fingerprint density at radius 2 is 2.14 bits per heavy atom. The molecule has 2 aliphatic heterocycles. The van der Waals surface area contributed by atoms with E-state index in [0.29, 0.717) is 19.1 Å². The van der Waals surface area contributed by atoms with Crippen LogP contribution in [-0.4, -0.2) is 49.7 Å². The molecule has 22 heavy (non-hydrogen) atoms. The smallest absolute Gasteiger partial charge is 0.253 e. The standard InChI is InChI=1S/C16H21FN2O2.ClH/c17-14-3-1-12(2-4-14)9-13-5-7-19(11-13)16(20)15-10-18-6-8-21-15;/h1-4,13,15,18H,5-11H2;1H. The first-order valence-corrected chi connectivity index (χ1v) is 7.58. The van der Waals surface area contributed by atoms with Crippen LogP contribution in [0, 0.1) is 11.7 Å². The summed E-state index contributed by atoms with van der Waals surface area (Å²) in [6.07, 6.45) is 1.57. The third kappa shape index (κ3) is 4.18. The zero-order valence-corrected chi connectivity index (χ0v) is 13.3. The molecule has 1 aromatic carbocycles. The van der Waals surface area contributed by atoms with Gasteiger partial charge in [0.1, 0.15) is 11.9 Å². The Labute approximate surface area is 136 Å². The Balaban J connectivity index is 0.00000176. The third-order valence-electron chi connectivity index (χ3n) is 4.24. The Morgan fingerprint density at radius 3 is 2.82 bits per heavy atom. The third-order valence-corrected chi connectivity index (χ3v) is 4.24. The van der Waals surface area contributed by atoms with Crippen LogP contribution < -0.4 is 5.32 Å². The van der Waals surface area contributed by atoms with E-state index in [9.17, 15) is 9.18 Å². The van der Waals surface area contributed by atoms with Crippen LogP contribution in [-0.2, 0) is 16.0 Å². The highest BCUT2D eigenvalue weighted by Crippen LogP contribution is 2.22. The van der Waals surface area contributed by atoms with E-state index in [1.54, 1.807) is 0 Å². The lowest BCUT2D eigenvalue weighted by Crippen LogP contribution is -2.48. The number of rotatable bonds is 3. The van der Waals surface area contributed by atoms with Crippen LogP contribution in [0.4, 0.5) is 4.39 Å². The molecule has 4 nitrogen and oxygen atoms in total. The van der Waals surface area contributed by atoms with Gasteiger partial charge in [0, 0.05) is 26.2 Å². The summed E-state index contributed by atoms with van der Waals surface area (Å²) in [6, 6.07) is 6.64. The molecule has 2 fully saturated rings. The summed E-state index contributed by atoms with van der Waals surface area (Å²) in [5.41, 5.74) is 1.13. The molecule has 122 valence electrons. The molecule has 1 aromatic rings. The average Bonchev–Trinajstić information content (AvgIpc) is 2.98. The van der Waals surface area contributed by atoms with Gasteiger partial charge in [-0.3, -0.25) is 4.79 Å². The summed E-state index contributed by atoms with van der Waals surface area (Å²) in [5, 5.41) is 3.19. The minimum atomic E-state index is -0.330. The largest absolute Gasteiger partial charge is 0.366 e. The fraction of sp³-hybridized carbons (Fsp3) is 0.562. The van der Waals surface area contributed by atoms with Crippen LogP contribution in [0.2, 0.25) is 0 Å². The second-order valence-corrected chi connectivity index (χ2v) is 5.83. The van der Waals surface area contributed by atoms with Gasteiger partial charge in [-0.25, -0.2) is 4.39 Å². The van der Waals surface area contributed by atoms with Crippen molar-refractivity contribution < 1.29 is 13.9 Å². The van der Waals surface area contributed by atoms with Gasteiger partial charge in [-0.1, -0.05) is 12.1 Å². The monoisotopic (exact) mass is 328 g/mol. The van der Waals surface area contributed by atoms with Crippen LogP contribution >= 0.6 is 12.4 Å². The van der Waals surface area contributed by atoms with E-state index < -0.39 is 0 Å². The summed E-state index contributed by atoms with van der Waals surface area (Å²) in [7, 11) is 0. The van der Waals surface area contributed by atoms with E-state index in [0.717, 1.165) is 38.0 Å². The van der Waals surface area contributed by atoms with E-state index >= 15 is 0 Å². The number of halogens is 2. The fourth-order valence-electron chi connectivity index (χ4n) is 3.08. The topological polar surface area (TPSA) is 41.6 Å². The van der Waals surface area contributed by atoms with Crippen LogP contribution in [0.1, 0.15) is 12.0 Å². The first-order valence-electron chi connectivity index (χ1n) is 7.58. The van der Waals surface area contributed by atoms with E-state index in [2.05, 4.69) is 5.32 Å². The first kappa shape index (κ1) is 17.2. The molecule has 1 N–H and O–H groups in total. The molecular formula is C16H22ClFN2O2. The van der Waals surface area contributed by atoms with Crippen molar-refractivity contribution in [3.63, 3.8) is 0 Å². The van der Waals surface area contributed by atoms with E-state index in [-0.39, 0.29) is 30.2 Å². The first-order chi connectivity index (χ1) is 10.2. The van der Waals surface area contributed by atoms with Gasteiger partial charge in [-0.05, 0) is 36.5 Å². The quantitative estimate of drug-likeness (QED) is 0.917. The zero-order valence-electron chi connectivity index (χ0n) is 12.5. The predicted octanol–water partition coefficient (Wildman–Crippen LogP) is 1.63. The molecule has 0 radical (unpaired) electrons. The van der Waals surface area contributed by atoms with Crippen LogP contribution in [0.5, 0.6) is 0 Å². The van der Waals surface area contributed by atoms with Gasteiger partial charge in [-0.15, -0.1) is 12.4 Å². The van der Waals surface area contributed by atoms with Crippen molar-refractivity contribution in [2.75, 3.05) is 32.8 Å². The Hall–Kier alpha value is -1.17. The fourth-order valence-corrected chi connectivity index (χ4v) is 3.08. The molecule has 2 aliphatic rings. The number of nitrogens with zero attached hydrogens (tertiary/aromatic N) is 1. The Kier molecular flexibility index (Phi) is 6.17. The lowest BCUT2D eigenvalue weighted by atomic mass is 9.99. The SMILES string of the molecule is Cl.O=C(C1CNCCO1)N1CCC(Cc2ccc(F)cc2)C1. The predicted molar refractivity (Wildman–Crippen MR) is 84.6 cm³/mol. The van der Waals surface area contributed by atoms with Crippen LogP contribution in [0.15, 0.2) is 24.3 Å². The molecule has 2 unspecified atom stereocenters. The lowest BCUT2D eigenvalue weighted by molar-refractivity contribution is -0.144. The highest BCUT2D eigenvalue weighted by molar-refractivity contribution is 5.85. The highest BCUT2D eigenvalue weighted by atomic mass is 35.5. The molecule has 0 aliphatic carbocycles. The molecule has 0 aromatic heterocycles. The molecule has 2 saturated heterocycles. The summed E-state index contributed by atoms with van der Waals surface area (Å²) in [4.78, 5) is 14.3. The number of carbonyl (C=O) groups excluding carboxylic acids is 1. The Morgan fingerprint density at radius 1 is 1.36 bits per heavy atom. The zero-order chi connectivity index (χ0) is 14.7. The van der Waals surface area contributed by atoms with Crippen molar-refractivity contribution >= 4 is 18.3 Å². The molecule has 0 saturated carbocycles. The maximum atomic E-state index is 12.9. The number of carbonyl (C=O) groups is 1. The van der Waals surface area contributed by atoms with Crippen molar-refractivity contribution in [1.29, 1.82) is 0 Å². The molecule has 2 heterocycles. The molecule has 6 heteroatoms. The average molecular weight is 329 g/mol. The summed E-state index contributed by atoms with van der Waals surface area (Å²) in [6.45, 7) is 3.60. The maximum absolute atomic E-state index is 12.9. The van der Waals surface area contributed by atoms with Gasteiger partial charge >= 0.3 is 0 Å². The molecule has 1 amide bonds. The summed E-state index contributed by atoms with van der Waals surface area (Å²) >= 11 is 0. The van der Waals surface area contributed by atoms with E-state index in [4.69, 9.17) is 4.74 Å². The molecular weight excluding hydrogens is 307 g/mol. The minimum absolute atomic E-state index is 0. The van der Waals surface area contributed by atoms with Crippen LogP contribution in [0.25, 0.3) is 0 Å². The molecule has 2 atom stereocenters. The van der Waals surface area contributed by atoms with Crippen molar-refractivity contribution in [3.05, 3.63) is 35.6 Å². The second-order valence-electron chi connectivity index (χ2n) is 5.83. The molecule has 0 spiro atoms. The lowest BCUT2D eigenvalue weighted by Gasteiger charge is -2.27. The second kappa shape index (κ2) is 7.90. The number of nitrogens with one attached hydrogen (secondary N) is 1. The van der Waals surface area contributed by atoms with Crippen molar-refractivity contribution in [2.24, 2.45) is 5.92 Å². The van der Waals surface area contributed by atoms with Crippen LogP contribution in [0.3, 0.4) is 0 Å². The number of ether oxygens (including phenoxy) is 1. The minimum Gasteiger partial charge on any atom is -0.366 e. The van der Waals surface area contributed by atoms with E-state index in [1.807, 2.05) is 17.0 Å². The number of hydrogen-bond donors (Lipinski definition) is 1. The highest BCUT2D eigenvalue weighted by Gasteiger charge is 2.32. The normalized spacial score (nSPS) is 24.9. The van der Waals surface area contributed by atoms with Crippen molar-refractivity contribution in [2.45, 2.75) is 18.9 Å². The van der Waals surface area contributed by atoms with Gasteiger partial charge in [0.25, 0.3) is 5.91 Å². The van der Waals surface area contributed by atoms with Gasteiger partial charge < -0.3 is 15.0 Å². The summed E-state index contributed by atoms with van der Waals surface area (Å²) in [5.74, 6) is 0.351. The molecule has 0 bridgehead atoms. The van der Waals surface area contributed by atoms with Gasteiger partial charge in [0.15, 0.2) is 0 Å². The number of morpholine rings is 1. The number of benzene rings is 1. The van der Waals surface area contributed by atoms with Crippen molar-refractivity contribution in [1.82, 2.24) is 10.2 Å². The van der Waals surface area contributed by atoms with Gasteiger partial charge in [-0.2, -0.15) is 0 Å². The molecule has 3 rings (SSSR count). The number of likely N-dealkylation sites (tertiary alicyclic amines) is 1. The number of amides is 1. The summed E-state index contributed by atoms with van der Waals surface area (Å²) < 4.78 is 18.4. The van der Waals surface area contributed by atoms with E-state index in [1.165, 1.54) is 12.1 Å². The number of hydrogen-bond acceptors (Lipinski definition) is 3. The maximum Gasteiger partial charge on any atom is 0.253 e. The van der Waals surface area contributed by atoms with Gasteiger partial charge in [0.2, 0.25) is 0 Å².